The summed E-state index contributed by atoms with van der Waals surface area (Å²) in [7, 11) is 0. The molecule has 0 aromatic rings. The number of carbonyl (C=O) groups excluding carboxylic acids is 2. The van der Waals surface area contributed by atoms with Crippen LogP contribution in [0.1, 0.15) is 46.5 Å². The van der Waals surface area contributed by atoms with Gasteiger partial charge >= 0.3 is 6.09 Å². The van der Waals surface area contributed by atoms with Crippen LogP contribution in [0.2, 0.25) is 0 Å². The number of carbonyl (C=O) groups is 2. The lowest BCUT2D eigenvalue weighted by molar-refractivity contribution is -0.121. The van der Waals surface area contributed by atoms with E-state index in [1.807, 2.05) is 0 Å². The Labute approximate surface area is 134 Å². The second kappa shape index (κ2) is 10.4. The smallest absolute Gasteiger partial charge is 0.409 e. The molecule has 6 nitrogen and oxygen atoms in total. The van der Waals surface area contributed by atoms with Gasteiger partial charge in [-0.3, -0.25) is 4.79 Å². The minimum absolute atomic E-state index is 0.0895. The third-order valence-corrected chi connectivity index (χ3v) is 3.81. The predicted octanol–water partition coefficient (Wildman–Crippen LogP) is 1.75. The molecule has 0 radical (unpaired) electrons. The largest absolute Gasteiger partial charge is 0.450 e. The van der Waals surface area contributed by atoms with Gasteiger partial charge in [-0.05, 0) is 38.6 Å². The Morgan fingerprint density at radius 3 is 2.50 bits per heavy atom. The van der Waals surface area contributed by atoms with Crippen LogP contribution in [-0.4, -0.2) is 55.7 Å². The monoisotopic (exact) mass is 313 g/mol. The lowest BCUT2D eigenvalue weighted by Crippen LogP contribution is -2.47. The van der Waals surface area contributed by atoms with Gasteiger partial charge in [0.15, 0.2) is 0 Å². The van der Waals surface area contributed by atoms with Crippen LogP contribution in [0.4, 0.5) is 4.79 Å². The van der Waals surface area contributed by atoms with Gasteiger partial charge < -0.3 is 20.3 Å². The van der Waals surface area contributed by atoms with Crippen LogP contribution in [0.3, 0.4) is 0 Å². The van der Waals surface area contributed by atoms with Crippen LogP contribution in [-0.2, 0) is 9.53 Å². The van der Waals surface area contributed by atoms with Crippen molar-refractivity contribution in [2.24, 2.45) is 5.92 Å². The van der Waals surface area contributed by atoms with Gasteiger partial charge in [0.2, 0.25) is 5.91 Å². The van der Waals surface area contributed by atoms with E-state index < -0.39 is 0 Å². The minimum Gasteiger partial charge on any atom is -0.450 e. The summed E-state index contributed by atoms with van der Waals surface area (Å²) in [5.74, 6) is 0.776. The first-order valence-corrected chi connectivity index (χ1v) is 8.44. The maximum absolute atomic E-state index is 11.9. The van der Waals surface area contributed by atoms with Crippen LogP contribution < -0.4 is 10.6 Å². The summed E-state index contributed by atoms with van der Waals surface area (Å²) in [5.41, 5.74) is 0. The first-order valence-electron chi connectivity index (χ1n) is 8.44. The summed E-state index contributed by atoms with van der Waals surface area (Å²) in [6, 6.07) is 0.175. The first-order chi connectivity index (χ1) is 10.5. The van der Waals surface area contributed by atoms with Gasteiger partial charge in [0, 0.05) is 32.1 Å². The molecule has 128 valence electrons. The van der Waals surface area contributed by atoms with Crippen molar-refractivity contribution < 1.29 is 14.3 Å². The second-order valence-corrected chi connectivity index (χ2v) is 6.21. The van der Waals surface area contributed by atoms with E-state index in [0.717, 1.165) is 32.4 Å². The molecule has 2 N–H and O–H groups in total. The number of nitrogens with one attached hydrogen (secondary N) is 2. The molecule has 1 aliphatic rings. The van der Waals surface area contributed by atoms with Gasteiger partial charge in [0.25, 0.3) is 0 Å². The number of hydrogen-bond donors (Lipinski definition) is 2. The van der Waals surface area contributed by atoms with E-state index in [0.29, 0.717) is 32.0 Å². The van der Waals surface area contributed by atoms with Crippen molar-refractivity contribution in [3.05, 3.63) is 0 Å². The number of amides is 2. The minimum atomic E-state index is -0.248. The lowest BCUT2D eigenvalue weighted by atomic mass is 10.1. The molecule has 0 bridgehead atoms. The van der Waals surface area contributed by atoms with Gasteiger partial charge in [0.1, 0.15) is 0 Å². The van der Waals surface area contributed by atoms with Crippen LogP contribution in [0.25, 0.3) is 0 Å². The Balaban J connectivity index is 2.10. The fraction of sp³-hybridized carbons (Fsp3) is 0.875. The molecular formula is C16H31N3O3. The van der Waals surface area contributed by atoms with Crippen LogP contribution in [0.15, 0.2) is 0 Å². The van der Waals surface area contributed by atoms with Crippen molar-refractivity contribution in [3.8, 4) is 0 Å². The Morgan fingerprint density at radius 2 is 1.91 bits per heavy atom. The molecule has 1 fully saturated rings. The molecule has 0 aromatic heterocycles. The Hall–Kier alpha value is -1.30. The van der Waals surface area contributed by atoms with Crippen LogP contribution in [0, 0.1) is 5.92 Å². The van der Waals surface area contributed by atoms with Crippen molar-refractivity contribution in [1.29, 1.82) is 0 Å². The normalized spacial score (nSPS) is 15.9. The number of hydrogen-bond acceptors (Lipinski definition) is 4. The molecule has 6 heteroatoms. The maximum atomic E-state index is 11.9. The van der Waals surface area contributed by atoms with E-state index in [-0.39, 0.29) is 18.0 Å². The topological polar surface area (TPSA) is 70.7 Å². The second-order valence-electron chi connectivity index (χ2n) is 6.21. The fourth-order valence-corrected chi connectivity index (χ4v) is 2.44. The van der Waals surface area contributed by atoms with Crippen LogP contribution in [0.5, 0.6) is 0 Å². The van der Waals surface area contributed by atoms with E-state index >= 15 is 0 Å². The van der Waals surface area contributed by atoms with Crippen molar-refractivity contribution >= 4 is 12.0 Å². The van der Waals surface area contributed by atoms with Gasteiger partial charge in [-0.25, -0.2) is 4.79 Å². The number of likely N-dealkylation sites (tertiary alicyclic amines) is 1. The maximum Gasteiger partial charge on any atom is 0.409 e. The Kier molecular flexibility index (Phi) is 8.89. The molecular weight excluding hydrogens is 282 g/mol. The third-order valence-electron chi connectivity index (χ3n) is 3.81. The van der Waals surface area contributed by atoms with Crippen molar-refractivity contribution in [3.63, 3.8) is 0 Å². The lowest BCUT2D eigenvalue weighted by Gasteiger charge is -2.31. The standard InChI is InChI=1S/C16H31N3O3/c1-4-22-16(21)19-11-7-14(8-12-19)18-15(20)6-10-17-9-5-13(2)3/h13-14,17H,4-12H2,1-3H3,(H,18,20). The average molecular weight is 313 g/mol. The van der Waals surface area contributed by atoms with E-state index in [9.17, 15) is 9.59 Å². The van der Waals surface area contributed by atoms with E-state index in [1.54, 1.807) is 11.8 Å². The van der Waals surface area contributed by atoms with Crippen LogP contribution >= 0.6 is 0 Å². The van der Waals surface area contributed by atoms with Gasteiger partial charge in [-0.2, -0.15) is 0 Å². The molecule has 22 heavy (non-hydrogen) atoms. The summed E-state index contributed by atoms with van der Waals surface area (Å²) >= 11 is 0. The van der Waals surface area contributed by atoms with Gasteiger partial charge in [-0.15, -0.1) is 0 Å². The van der Waals surface area contributed by atoms with Gasteiger partial charge in [-0.1, -0.05) is 13.8 Å². The highest BCUT2D eigenvalue weighted by Gasteiger charge is 2.24. The third kappa shape index (κ3) is 7.64. The van der Waals surface area contributed by atoms with Crippen molar-refractivity contribution in [2.45, 2.75) is 52.5 Å². The first kappa shape index (κ1) is 18.7. The Morgan fingerprint density at radius 1 is 1.23 bits per heavy atom. The summed E-state index contributed by atoms with van der Waals surface area (Å²) in [6.45, 7) is 9.57. The molecule has 1 rings (SSSR count). The summed E-state index contributed by atoms with van der Waals surface area (Å²) in [4.78, 5) is 25.2. The van der Waals surface area contributed by atoms with E-state index in [4.69, 9.17) is 4.74 Å². The average Bonchev–Trinajstić information content (AvgIpc) is 2.47. The zero-order valence-electron chi connectivity index (χ0n) is 14.2. The zero-order chi connectivity index (χ0) is 16.4. The Bertz CT molecular complexity index is 340. The number of ether oxygens (including phenoxy) is 1. The van der Waals surface area contributed by atoms with Crippen molar-refractivity contribution in [2.75, 3.05) is 32.8 Å². The fourth-order valence-electron chi connectivity index (χ4n) is 2.44. The molecule has 0 saturated carbocycles. The van der Waals surface area contributed by atoms with Crippen molar-refractivity contribution in [1.82, 2.24) is 15.5 Å². The number of piperidine rings is 1. The molecule has 0 spiro atoms. The molecule has 1 aliphatic heterocycles. The molecule has 0 atom stereocenters. The highest BCUT2D eigenvalue weighted by molar-refractivity contribution is 5.76. The summed E-state index contributed by atoms with van der Waals surface area (Å²) < 4.78 is 4.98. The molecule has 1 heterocycles. The predicted molar refractivity (Wildman–Crippen MR) is 86.7 cm³/mol. The molecule has 1 saturated heterocycles. The molecule has 0 aliphatic carbocycles. The molecule has 0 aromatic carbocycles. The SMILES string of the molecule is CCOC(=O)N1CCC(NC(=O)CCNCCC(C)C)CC1. The number of rotatable bonds is 8. The van der Waals surface area contributed by atoms with E-state index in [2.05, 4.69) is 24.5 Å². The quantitative estimate of drug-likeness (QED) is 0.670. The summed E-state index contributed by atoms with van der Waals surface area (Å²) in [5, 5.41) is 6.34. The van der Waals surface area contributed by atoms with E-state index in [1.165, 1.54) is 0 Å². The number of nitrogens with zero attached hydrogens (tertiary/aromatic N) is 1. The zero-order valence-corrected chi connectivity index (χ0v) is 14.2. The highest BCUT2D eigenvalue weighted by Crippen LogP contribution is 2.11. The van der Waals surface area contributed by atoms with Gasteiger partial charge in [0.05, 0.1) is 6.61 Å². The molecule has 2 amide bonds. The highest BCUT2D eigenvalue weighted by atomic mass is 16.6. The summed E-state index contributed by atoms with van der Waals surface area (Å²) in [6.07, 6.45) is 2.99. The molecule has 0 unspecified atom stereocenters.